The number of hydrogen-bond donors (Lipinski definition) is 2. The van der Waals surface area contributed by atoms with E-state index in [2.05, 4.69) is 17.2 Å². The molecule has 2 heterocycles. The second-order valence-electron chi connectivity index (χ2n) is 6.42. The van der Waals surface area contributed by atoms with Gasteiger partial charge in [-0.25, -0.2) is 4.98 Å². The largest absolute Gasteiger partial charge is 0.494 e. The van der Waals surface area contributed by atoms with E-state index in [0.717, 1.165) is 22.7 Å². The molecule has 1 fully saturated rings. The highest BCUT2D eigenvalue weighted by Crippen LogP contribution is 2.27. The lowest BCUT2D eigenvalue weighted by Gasteiger charge is -2.36. The molecule has 1 aliphatic rings. The molecule has 2 N–H and O–H groups in total. The number of thiazole rings is 1. The number of benzene rings is 1. The van der Waals surface area contributed by atoms with E-state index in [1.54, 1.807) is 5.38 Å². The molecular weight excluding hydrogens is 352 g/mol. The lowest BCUT2D eigenvalue weighted by Crippen LogP contribution is -2.54. The van der Waals surface area contributed by atoms with Crippen LogP contribution in [0.1, 0.15) is 36.7 Å². The molecule has 0 aliphatic carbocycles. The van der Waals surface area contributed by atoms with Crippen LogP contribution in [-0.2, 0) is 4.74 Å². The van der Waals surface area contributed by atoms with Crippen molar-refractivity contribution < 1.29 is 19.4 Å². The number of rotatable bonds is 7. The van der Waals surface area contributed by atoms with Crippen LogP contribution in [0.15, 0.2) is 29.6 Å². The van der Waals surface area contributed by atoms with Crippen LogP contribution in [-0.4, -0.2) is 48.0 Å². The summed E-state index contributed by atoms with van der Waals surface area (Å²) in [6.07, 6.45) is 2.17. The number of aromatic nitrogens is 1. The van der Waals surface area contributed by atoms with Crippen molar-refractivity contribution in [3.63, 3.8) is 0 Å². The van der Waals surface area contributed by atoms with E-state index in [0.29, 0.717) is 38.4 Å². The van der Waals surface area contributed by atoms with E-state index < -0.39 is 5.54 Å². The van der Waals surface area contributed by atoms with Gasteiger partial charge in [-0.3, -0.25) is 4.79 Å². The number of hydrogen-bond acceptors (Lipinski definition) is 6. The second kappa shape index (κ2) is 8.62. The van der Waals surface area contributed by atoms with Crippen LogP contribution in [0.25, 0.3) is 10.6 Å². The molecule has 26 heavy (non-hydrogen) atoms. The number of aliphatic hydroxyl groups is 1. The van der Waals surface area contributed by atoms with Gasteiger partial charge in [-0.05, 0) is 43.5 Å². The van der Waals surface area contributed by atoms with Gasteiger partial charge in [-0.15, -0.1) is 11.3 Å². The fourth-order valence-electron chi connectivity index (χ4n) is 2.81. The van der Waals surface area contributed by atoms with Crippen molar-refractivity contribution in [2.24, 2.45) is 0 Å². The van der Waals surface area contributed by atoms with Gasteiger partial charge in [0.15, 0.2) is 0 Å². The van der Waals surface area contributed by atoms with Gasteiger partial charge in [0.2, 0.25) is 0 Å². The number of carbonyl (C=O) groups is 1. The molecule has 6 nitrogen and oxygen atoms in total. The highest BCUT2D eigenvalue weighted by Gasteiger charge is 2.34. The van der Waals surface area contributed by atoms with Crippen molar-refractivity contribution in [2.45, 2.75) is 31.7 Å². The Kier molecular flexibility index (Phi) is 6.24. The summed E-state index contributed by atoms with van der Waals surface area (Å²) in [6.45, 7) is 3.74. The Labute approximate surface area is 157 Å². The molecule has 0 atom stereocenters. The fraction of sp³-hybridized carbons (Fsp3) is 0.474. The van der Waals surface area contributed by atoms with Crippen molar-refractivity contribution in [3.05, 3.63) is 35.3 Å². The normalized spacial score (nSPS) is 16.2. The molecule has 1 amide bonds. The Morgan fingerprint density at radius 1 is 1.35 bits per heavy atom. The Balaban J connectivity index is 1.67. The molecule has 3 rings (SSSR count). The molecule has 0 unspecified atom stereocenters. The van der Waals surface area contributed by atoms with E-state index in [9.17, 15) is 9.90 Å². The van der Waals surface area contributed by atoms with Gasteiger partial charge in [-0.2, -0.15) is 0 Å². The summed E-state index contributed by atoms with van der Waals surface area (Å²) < 4.78 is 10.9. The average Bonchev–Trinajstić information content (AvgIpc) is 3.18. The van der Waals surface area contributed by atoms with Crippen LogP contribution < -0.4 is 10.1 Å². The number of carbonyl (C=O) groups excluding carboxylic acids is 1. The molecule has 1 aromatic carbocycles. The maximum absolute atomic E-state index is 12.6. The Morgan fingerprint density at radius 3 is 2.73 bits per heavy atom. The highest BCUT2D eigenvalue weighted by molar-refractivity contribution is 7.13. The molecule has 0 radical (unpaired) electrons. The molecule has 1 saturated heterocycles. The van der Waals surface area contributed by atoms with Crippen molar-refractivity contribution in [1.29, 1.82) is 0 Å². The Bertz CT molecular complexity index is 723. The topological polar surface area (TPSA) is 80.7 Å². The Hall–Kier alpha value is -1.96. The van der Waals surface area contributed by atoms with Gasteiger partial charge in [0.05, 0.1) is 18.8 Å². The first-order chi connectivity index (χ1) is 12.7. The fourth-order valence-corrected chi connectivity index (χ4v) is 3.62. The molecule has 1 aliphatic heterocycles. The summed E-state index contributed by atoms with van der Waals surface area (Å²) in [5, 5.41) is 15.2. The second-order valence-corrected chi connectivity index (χ2v) is 7.27. The van der Waals surface area contributed by atoms with Crippen LogP contribution in [0.3, 0.4) is 0 Å². The van der Waals surface area contributed by atoms with E-state index >= 15 is 0 Å². The maximum atomic E-state index is 12.6. The van der Waals surface area contributed by atoms with Crippen molar-refractivity contribution in [1.82, 2.24) is 10.3 Å². The monoisotopic (exact) mass is 376 g/mol. The predicted octanol–water partition coefficient (Wildman–Crippen LogP) is 2.87. The van der Waals surface area contributed by atoms with Crippen molar-refractivity contribution in [3.8, 4) is 16.3 Å². The summed E-state index contributed by atoms with van der Waals surface area (Å²) in [5.74, 6) is 0.570. The van der Waals surface area contributed by atoms with Crippen LogP contribution in [0.4, 0.5) is 0 Å². The molecule has 0 saturated carbocycles. The van der Waals surface area contributed by atoms with Gasteiger partial charge in [0, 0.05) is 24.2 Å². The first-order valence-corrected chi connectivity index (χ1v) is 9.74. The molecule has 7 heteroatoms. The van der Waals surface area contributed by atoms with E-state index in [4.69, 9.17) is 9.47 Å². The minimum atomic E-state index is -0.614. The summed E-state index contributed by atoms with van der Waals surface area (Å²) in [7, 11) is 0. The molecule has 0 spiro atoms. The molecular formula is C19H24N2O4S. The van der Waals surface area contributed by atoms with Gasteiger partial charge in [-0.1, -0.05) is 6.92 Å². The first-order valence-electron chi connectivity index (χ1n) is 8.86. The standard InChI is InChI=1S/C19H24N2O4S/c1-2-9-25-15-5-3-14(4-6-15)18-20-16(12-26-18)17(23)21-19(13-22)7-10-24-11-8-19/h3-6,12,22H,2,7-11,13H2,1H3,(H,21,23). The van der Waals surface area contributed by atoms with Crippen LogP contribution in [0.2, 0.25) is 0 Å². The van der Waals surface area contributed by atoms with Gasteiger partial charge in [0.25, 0.3) is 5.91 Å². The summed E-state index contributed by atoms with van der Waals surface area (Å²) in [4.78, 5) is 17.0. The minimum Gasteiger partial charge on any atom is -0.494 e. The zero-order chi connectivity index (χ0) is 18.4. The average molecular weight is 376 g/mol. The third-order valence-electron chi connectivity index (χ3n) is 4.44. The number of nitrogens with zero attached hydrogens (tertiary/aromatic N) is 1. The van der Waals surface area contributed by atoms with E-state index in [-0.39, 0.29) is 12.5 Å². The molecule has 1 aromatic heterocycles. The summed E-state index contributed by atoms with van der Waals surface area (Å²) in [5.41, 5.74) is 0.702. The Morgan fingerprint density at radius 2 is 2.08 bits per heavy atom. The third kappa shape index (κ3) is 4.41. The van der Waals surface area contributed by atoms with Crippen LogP contribution >= 0.6 is 11.3 Å². The molecule has 2 aromatic rings. The number of aliphatic hydroxyl groups excluding tert-OH is 1. The van der Waals surface area contributed by atoms with E-state index in [1.165, 1.54) is 11.3 Å². The van der Waals surface area contributed by atoms with Crippen LogP contribution in [0.5, 0.6) is 5.75 Å². The molecule has 140 valence electrons. The maximum Gasteiger partial charge on any atom is 0.271 e. The quantitative estimate of drug-likeness (QED) is 0.777. The number of amides is 1. The summed E-state index contributed by atoms with van der Waals surface area (Å²) in [6, 6.07) is 7.71. The zero-order valence-corrected chi connectivity index (χ0v) is 15.7. The minimum absolute atomic E-state index is 0.0989. The van der Waals surface area contributed by atoms with Crippen molar-refractivity contribution in [2.75, 3.05) is 26.4 Å². The molecule has 0 bridgehead atoms. The predicted molar refractivity (Wildman–Crippen MR) is 101 cm³/mol. The first kappa shape index (κ1) is 18.8. The lowest BCUT2D eigenvalue weighted by atomic mass is 9.91. The highest BCUT2D eigenvalue weighted by atomic mass is 32.1. The number of ether oxygens (including phenoxy) is 2. The number of nitrogens with one attached hydrogen (secondary N) is 1. The summed E-state index contributed by atoms with van der Waals surface area (Å²) >= 11 is 1.42. The van der Waals surface area contributed by atoms with E-state index in [1.807, 2.05) is 24.3 Å². The van der Waals surface area contributed by atoms with Gasteiger partial charge < -0.3 is 19.9 Å². The SMILES string of the molecule is CCCOc1ccc(-c2nc(C(=O)NC3(CO)CCOCC3)cs2)cc1. The zero-order valence-electron chi connectivity index (χ0n) is 14.9. The smallest absolute Gasteiger partial charge is 0.271 e. The van der Waals surface area contributed by atoms with Crippen molar-refractivity contribution >= 4 is 17.2 Å². The van der Waals surface area contributed by atoms with Crippen LogP contribution in [0, 0.1) is 0 Å². The van der Waals surface area contributed by atoms with Gasteiger partial charge >= 0.3 is 0 Å². The lowest BCUT2D eigenvalue weighted by molar-refractivity contribution is 0.0124. The van der Waals surface area contributed by atoms with Gasteiger partial charge in [0.1, 0.15) is 16.5 Å². The third-order valence-corrected chi connectivity index (χ3v) is 5.33.